The van der Waals surface area contributed by atoms with Crippen LogP contribution in [-0.4, -0.2) is 38.4 Å². The molecular weight excluding hydrogens is 280 g/mol. The van der Waals surface area contributed by atoms with Crippen LogP contribution < -0.4 is 15.5 Å². The van der Waals surface area contributed by atoms with Gasteiger partial charge in [-0.15, -0.1) is 0 Å². The van der Waals surface area contributed by atoms with Crippen LogP contribution in [0.5, 0.6) is 0 Å². The molecule has 0 spiro atoms. The molecule has 0 aromatic heterocycles. The molecule has 1 aliphatic rings. The van der Waals surface area contributed by atoms with Gasteiger partial charge < -0.3 is 20.3 Å². The number of carbonyl (C=O) groups is 1. The van der Waals surface area contributed by atoms with E-state index in [0.29, 0.717) is 6.42 Å². The van der Waals surface area contributed by atoms with Gasteiger partial charge in [0.2, 0.25) is 0 Å². The second kappa shape index (κ2) is 8.25. The first-order chi connectivity index (χ1) is 10.7. The Hall–Kier alpha value is -2.26. The summed E-state index contributed by atoms with van der Waals surface area (Å²) >= 11 is 0. The molecule has 118 valence electrons. The molecule has 1 aromatic carbocycles. The number of nitrogens with one attached hydrogen (secondary N) is 2. The lowest BCUT2D eigenvalue weighted by Gasteiger charge is -2.29. The van der Waals surface area contributed by atoms with Crippen molar-refractivity contribution in [1.82, 2.24) is 5.32 Å². The quantitative estimate of drug-likeness (QED) is 0.875. The van der Waals surface area contributed by atoms with E-state index in [1.54, 1.807) is 0 Å². The van der Waals surface area contributed by atoms with Gasteiger partial charge in [0.1, 0.15) is 0 Å². The highest BCUT2D eigenvalue weighted by Gasteiger charge is 2.13. The Morgan fingerprint density at radius 1 is 1.45 bits per heavy atom. The largest absolute Gasteiger partial charge is 0.378 e. The molecule has 6 heteroatoms. The number of anilines is 2. The minimum Gasteiger partial charge on any atom is -0.378 e. The fourth-order valence-electron chi connectivity index (χ4n) is 2.36. The number of morpholine rings is 1. The number of nitrogens with zero attached hydrogens (tertiary/aromatic N) is 2. The van der Waals surface area contributed by atoms with Crippen LogP contribution in [-0.2, 0) is 4.74 Å². The lowest BCUT2D eigenvalue weighted by molar-refractivity contribution is 0.122. The second-order valence-electron chi connectivity index (χ2n) is 5.22. The highest BCUT2D eigenvalue weighted by Crippen LogP contribution is 2.20. The molecule has 2 N–H and O–H groups in total. The Morgan fingerprint density at radius 2 is 2.23 bits per heavy atom. The molecule has 1 heterocycles. The summed E-state index contributed by atoms with van der Waals surface area (Å²) in [5, 5.41) is 14.3. The first-order valence-corrected chi connectivity index (χ1v) is 7.60. The van der Waals surface area contributed by atoms with Crippen molar-refractivity contribution in [2.75, 3.05) is 36.5 Å². The topological polar surface area (TPSA) is 77.4 Å². The molecule has 6 nitrogen and oxygen atoms in total. The fourth-order valence-corrected chi connectivity index (χ4v) is 2.36. The first kappa shape index (κ1) is 16.1. The van der Waals surface area contributed by atoms with E-state index >= 15 is 0 Å². The molecule has 0 radical (unpaired) electrons. The molecule has 1 fully saturated rings. The molecule has 1 aliphatic heterocycles. The summed E-state index contributed by atoms with van der Waals surface area (Å²) in [7, 11) is 0. The Kier molecular flexibility index (Phi) is 6.04. The monoisotopic (exact) mass is 302 g/mol. The van der Waals surface area contributed by atoms with Crippen molar-refractivity contribution in [1.29, 1.82) is 5.26 Å². The van der Waals surface area contributed by atoms with Gasteiger partial charge in [0.05, 0.1) is 25.7 Å². The lowest BCUT2D eigenvalue weighted by atomic mass is 10.2. The number of rotatable bonds is 5. The smallest absolute Gasteiger partial charge is 0.319 e. The van der Waals surface area contributed by atoms with E-state index in [1.807, 2.05) is 31.2 Å². The number of nitriles is 1. The number of hydrogen-bond acceptors (Lipinski definition) is 4. The van der Waals surface area contributed by atoms with Gasteiger partial charge in [0.25, 0.3) is 0 Å². The molecule has 1 aromatic rings. The van der Waals surface area contributed by atoms with Crippen LogP contribution in [0.2, 0.25) is 0 Å². The maximum Gasteiger partial charge on any atom is 0.319 e. The van der Waals surface area contributed by atoms with Gasteiger partial charge in [-0.05, 0) is 24.6 Å². The average molecular weight is 302 g/mol. The molecule has 0 bridgehead atoms. The van der Waals surface area contributed by atoms with Crippen LogP contribution in [0.3, 0.4) is 0 Å². The summed E-state index contributed by atoms with van der Waals surface area (Å²) in [6, 6.07) is 9.45. The summed E-state index contributed by atoms with van der Waals surface area (Å²) < 4.78 is 5.35. The average Bonchev–Trinajstić information content (AvgIpc) is 2.55. The maximum atomic E-state index is 12.0. The molecule has 2 rings (SSSR count). The third kappa shape index (κ3) is 4.64. The Labute approximate surface area is 131 Å². The van der Waals surface area contributed by atoms with Crippen molar-refractivity contribution < 1.29 is 9.53 Å². The van der Waals surface area contributed by atoms with Gasteiger partial charge in [-0.3, -0.25) is 0 Å². The lowest BCUT2D eigenvalue weighted by Crippen LogP contribution is -2.37. The third-order valence-electron chi connectivity index (χ3n) is 3.65. The van der Waals surface area contributed by atoms with E-state index in [1.165, 1.54) is 0 Å². The van der Waals surface area contributed by atoms with Crippen LogP contribution in [0, 0.1) is 11.3 Å². The predicted octanol–water partition coefficient (Wildman–Crippen LogP) is 2.34. The van der Waals surface area contributed by atoms with Crippen LogP contribution in [0.15, 0.2) is 24.3 Å². The van der Waals surface area contributed by atoms with Crippen molar-refractivity contribution >= 4 is 17.4 Å². The summed E-state index contributed by atoms with van der Waals surface area (Å²) in [6.07, 6.45) is 1.05. The van der Waals surface area contributed by atoms with E-state index in [9.17, 15) is 4.79 Å². The van der Waals surface area contributed by atoms with Crippen LogP contribution in [0.25, 0.3) is 0 Å². The Bertz CT molecular complexity index is 535. The zero-order chi connectivity index (χ0) is 15.8. The summed E-state index contributed by atoms with van der Waals surface area (Å²) in [4.78, 5) is 14.2. The maximum absolute atomic E-state index is 12.0. The van der Waals surface area contributed by atoms with Gasteiger partial charge in [0.15, 0.2) is 0 Å². The van der Waals surface area contributed by atoms with Gasteiger partial charge in [-0.1, -0.05) is 13.0 Å². The normalized spacial score (nSPS) is 15.7. The number of urea groups is 1. The number of ether oxygens (including phenoxy) is 1. The molecule has 0 saturated carbocycles. The Balaban J connectivity index is 1.94. The van der Waals surface area contributed by atoms with Crippen LogP contribution in [0.4, 0.5) is 16.2 Å². The summed E-state index contributed by atoms with van der Waals surface area (Å²) in [5.41, 5.74) is 1.82. The number of carbonyl (C=O) groups excluding carboxylic acids is 1. The zero-order valence-electron chi connectivity index (χ0n) is 12.8. The number of hydrogen-bond donors (Lipinski definition) is 2. The first-order valence-electron chi connectivity index (χ1n) is 7.60. The minimum absolute atomic E-state index is 0.118. The number of benzene rings is 1. The van der Waals surface area contributed by atoms with Crippen molar-refractivity contribution in [3.8, 4) is 6.07 Å². The van der Waals surface area contributed by atoms with E-state index in [-0.39, 0.29) is 12.1 Å². The SMILES string of the molecule is CC[C@@H](CC#N)NC(=O)Nc1cccc(N2CCOCC2)c1. The Morgan fingerprint density at radius 3 is 2.91 bits per heavy atom. The van der Waals surface area contributed by atoms with Gasteiger partial charge in [-0.2, -0.15) is 5.26 Å². The highest BCUT2D eigenvalue weighted by atomic mass is 16.5. The van der Waals surface area contributed by atoms with Crippen molar-refractivity contribution in [3.63, 3.8) is 0 Å². The molecule has 1 saturated heterocycles. The van der Waals surface area contributed by atoms with E-state index in [0.717, 1.165) is 44.1 Å². The van der Waals surface area contributed by atoms with Gasteiger partial charge in [-0.25, -0.2) is 4.79 Å². The van der Waals surface area contributed by atoms with E-state index < -0.39 is 0 Å². The molecule has 1 atom stereocenters. The van der Waals surface area contributed by atoms with Gasteiger partial charge >= 0.3 is 6.03 Å². The van der Waals surface area contributed by atoms with E-state index in [2.05, 4.69) is 21.6 Å². The molecule has 0 unspecified atom stereocenters. The molecule has 0 aliphatic carbocycles. The van der Waals surface area contributed by atoms with Crippen molar-refractivity contribution in [3.05, 3.63) is 24.3 Å². The highest BCUT2D eigenvalue weighted by molar-refractivity contribution is 5.90. The second-order valence-corrected chi connectivity index (χ2v) is 5.22. The van der Waals surface area contributed by atoms with Crippen molar-refractivity contribution in [2.45, 2.75) is 25.8 Å². The third-order valence-corrected chi connectivity index (χ3v) is 3.65. The van der Waals surface area contributed by atoms with Crippen LogP contribution >= 0.6 is 0 Å². The standard InChI is InChI=1S/C16H22N4O2/c1-2-13(6-7-17)18-16(21)19-14-4-3-5-15(12-14)20-8-10-22-11-9-20/h3-5,12-13H,2,6,8-11H2,1H3,(H2,18,19,21)/t13-/m0/s1. The number of amides is 2. The zero-order valence-corrected chi connectivity index (χ0v) is 12.8. The fraction of sp³-hybridized carbons (Fsp3) is 0.500. The van der Waals surface area contributed by atoms with Crippen molar-refractivity contribution in [2.24, 2.45) is 0 Å². The summed E-state index contributed by atoms with van der Waals surface area (Å²) in [5.74, 6) is 0. The van der Waals surface area contributed by atoms with Crippen LogP contribution in [0.1, 0.15) is 19.8 Å². The minimum atomic E-state index is -0.277. The van der Waals surface area contributed by atoms with Gasteiger partial charge in [0, 0.05) is 30.5 Å². The molecule has 22 heavy (non-hydrogen) atoms. The summed E-state index contributed by atoms with van der Waals surface area (Å²) in [6.45, 7) is 5.11. The van der Waals surface area contributed by atoms with E-state index in [4.69, 9.17) is 10.00 Å². The molecule has 2 amide bonds. The predicted molar refractivity (Wildman–Crippen MR) is 85.9 cm³/mol. The molecular formula is C16H22N4O2.